The van der Waals surface area contributed by atoms with Crippen molar-refractivity contribution in [2.24, 2.45) is 0 Å². The minimum atomic E-state index is 0.498. The van der Waals surface area contributed by atoms with Gasteiger partial charge in [-0.2, -0.15) is 5.10 Å². The van der Waals surface area contributed by atoms with Gasteiger partial charge in [0.15, 0.2) is 0 Å². The van der Waals surface area contributed by atoms with Crippen molar-refractivity contribution < 1.29 is 9.47 Å². The van der Waals surface area contributed by atoms with Crippen LogP contribution in [0.15, 0.2) is 30.7 Å². The topological polar surface area (TPSA) is 54.1 Å². The number of ether oxygens (including phenoxy) is 2. The molecule has 3 heterocycles. The first-order valence-electron chi connectivity index (χ1n) is 8.78. The van der Waals surface area contributed by atoms with E-state index in [1.165, 1.54) is 0 Å². The highest BCUT2D eigenvalue weighted by Crippen LogP contribution is 2.33. The zero-order valence-electron chi connectivity index (χ0n) is 15.6. The Kier molecular flexibility index (Phi) is 4.66. The summed E-state index contributed by atoms with van der Waals surface area (Å²) in [7, 11) is 1.65. The summed E-state index contributed by atoms with van der Waals surface area (Å²) in [6.07, 6.45) is 5.86. The van der Waals surface area contributed by atoms with E-state index < -0.39 is 0 Å². The number of hydrogen-bond acceptors (Lipinski definition) is 4. The Bertz CT molecular complexity index is 1020. The fourth-order valence-electron chi connectivity index (χ4n) is 3.28. The van der Waals surface area contributed by atoms with Crippen LogP contribution < -0.4 is 9.47 Å². The van der Waals surface area contributed by atoms with Crippen LogP contribution in [0.5, 0.6) is 11.5 Å². The largest absolute Gasteiger partial charge is 0.497 e. The van der Waals surface area contributed by atoms with Crippen LogP contribution in [0.4, 0.5) is 0 Å². The van der Waals surface area contributed by atoms with Crippen molar-refractivity contribution in [3.63, 3.8) is 0 Å². The maximum absolute atomic E-state index is 6.24. The lowest BCUT2D eigenvalue weighted by Crippen LogP contribution is -2.14. The second-order valence-electron chi connectivity index (χ2n) is 6.54. The third kappa shape index (κ3) is 3.32. The van der Waals surface area contributed by atoms with Crippen molar-refractivity contribution in [2.45, 2.75) is 26.9 Å². The zero-order chi connectivity index (χ0) is 19.0. The number of rotatable bonds is 5. The fraction of sp³-hybridized carbons (Fsp3) is 0.300. The van der Waals surface area contributed by atoms with Gasteiger partial charge in [0.2, 0.25) is 0 Å². The first-order valence-corrected chi connectivity index (χ1v) is 9.16. The fourth-order valence-corrected chi connectivity index (χ4v) is 3.42. The molecule has 4 rings (SSSR count). The van der Waals surface area contributed by atoms with E-state index >= 15 is 0 Å². The Morgan fingerprint density at radius 1 is 1.26 bits per heavy atom. The van der Waals surface area contributed by atoms with Gasteiger partial charge in [0, 0.05) is 23.7 Å². The summed E-state index contributed by atoms with van der Waals surface area (Å²) in [5.41, 5.74) is 5.02. The molecule has 0 aliphatic carbocycles. The first kappa shape index (κ1) is 17.7. The predicted molar refractivity (Wildman–Crippen MR) is 105 cm³/mol. The maximum Gasteiger partial charge on any atom is 0.130 e. The van der Waals surface area contributed by atoms with Gasteiger partial charge in [-0.3, -0.25) is 4.68 Å². The molecule has 0 atom stereocenters. The van der Waals surface area contributed by atoms with Crippen LogP contribution in [0.2, 0.25) is 5.02 Å². The average molecular weight is 385 g/mol. The molecule has 0 bridgehead atoms. The Balaban J connectivity index is 1.56. The van der Waals surface area contributed by atoms with Gasteiger partial charge < -0.3 is 14.0 Å². The highest BCUT2D eigenvalue weighted by molar-refractivity contribution is 6.31. The lowest BCUT2D eigenvalue weighted by molar-refractivity contribution is 0.358. The zero-order valence-corrected chi connectivity index (χ0v) is 16.3. The van der Waals surface area contributed by atoms with E-state index in [0.717, 1.165) is 57.8 Å². The summed E-state index contributed by atoms with van der Waals surface area (Å²) in [4.78, 5) is 4.33. The van der Waals surface area contributed by atoms with Crippen LogP contribution >= 0.6 is 11.6 Å². The Labute approximate surface area is 163 Å². The summed E-state index contributed by atoms with van der Waals surface area (Å²) in [5, 5.41) is 5.23. The van der Waals surface area contributed by atoms with E-state index in [2.05, 4.69) is 20.7 Å². The number of fused-ring (bicyclic) bond motifs is 1. The Morgan fingerprint density at radius 2 is 2.11 bits per heavy atom. The van der Waals surface area contributed by atoms with Crippen molar-refractivity contribution in [3.05, 3.63) is 58.4 Å². The van der Waals surface area contributed by atoms with Gasteiger partial charge in [0.25, 0.3) is 0 Å². The van der Waals surface area contributed by atoms with Gasteiger partial charge in [0.05, 0.1) is 48.3 Å². The second-order valence-corrected chi connectivity index (χ2v) is 6.92. The number of nitrogens with zero attached hydrogens (tertiary/aromatic N) is 4. The number of methoxy groups -OCH3 is 1. The number of halogens is 1. The Morgan fingerprint density at radius 3 is 2.85 bits per heavy atom. The number of aromatic nitrogens is 4. The number of aryl methyl sites for hydroxylation is 3. The molecule has 140 valence electrons. The lowest BCUT2D eigenvalue weighted by atomic mass is 10.1. The summed E-state index contributed by atoms with van der Waals surface area (Å²) in [6, 6.07) is 5.85. The number of imidazole rings is 1. The average Bonchev–Trinajstić information content (AvgIpc) is 3.26. The van der Waals surface area contributed by atoms with Crippen LogP contribution in [-0.4, -0.2) is 33.0 Å². The van der Waals surface area contributed by atoms with Crippen LogP contribution in [0.25, 0.3) is 11.6 Å². The smallest absolute Gasteiger partial charge is 0.130 e. The highest BCUT2D eigenvalue weighted by atomic mass is 35.5. The van der Waals surface area contributed by atoms with Gasteiger partial charge in [-0.05, 0) is 32.1 Å². The maximum atomic E-state index is 6.24. The molecule has 2 aromatic heterocycles. The quantitative estimate of drug-likeness (QED) is 0.667. The molecule has 7 heteroatoms. The summed E-state index contributed by atoms with van der Waals surface area (Å²) in [5.74, 6) is 1.63. The molecule has 0 radical (unpaired) electrons. The summed E-state index contributed by atoms with van der Waals surface area (Å²) >= 11 is 6.24. The van der Waals surface area contributed by atoms with E-state index in [-0.39, 0.29) is 0 Å². The van der Waals surface area contributed by atoms with E-state index in [9.17, 15) is 0 Å². The third-order valence-electron chi connectivity index (χ3n) is 4.82. The van der Waals surface area contributed by atoms with Gasteiger partial charge in [-0.1, -0.05) is 11.6 Å². The monoisotopic (exact) mass is 384 g/mol. The molecule has 1 aliphatic heterocycles. The standard InChI is InChI=1S/C20H21ClN4O2/c1-13-20(21)14(2)25(23-13)7-6-24-12-22-10-18(24)16-8-15-4-5-17(26-3)9-19(15)27-11-16/h4-5,8-10,12H,6-7,11H2,1-3H3. The van der Waals surface area contributed by atoms with Crippen molar-refractivity contribution in [2.75, 3.05) is 13.7 Å². The van der Waals surface area contributed by atoms with Crippen LogP contribution in [0.1, 0.15) is 22.6 Å². The van der Waals surface area contributed by atoms with E-state index in [1.54, 1.807) is 7.11 Å². The SMILES string of the molecule is COc1ccc2c(c1)OCC(c1cncn1CCn1nc(C)c(Cl)c1C)=C2. The minimum absolute atomic E-state index is 0.498. The normalized spacial score (nSPS) is 13.1. The Hall–Kier alpha value is -2.73. The molecule has 0 fully saturated rings. The van der Waals surface area contributed by atoms with Crippen molar-refractivity contribution in [1.29, 1.82) is 0 Å². The van der Waals surface area contributed by atoms with Gasteiger partial charge in [-0.25, -0.2) is 4.98 Å². The van der Waals surface area contributed by atoms with Gasteiger partial charge >= 0.3 is 0 Å². The molecular formula is C20H21ClN4O2. The first-order chi connectivity index (χ1) is 13.1. The van der Waals surface area contributed by atoms with E-state index in [0.29, 0.717) is 6.61 Å². The summed E-state index contributed by atoms with van der Waals surface area (Å²) in [6.45, 7) is 5.88. The summed E-state index contributed by atoms with van der Waals surface area (Å²) < 4.78 is 15.3. The predicted octanol–water partition coefficient (Wildman–Crippen LogP) is 3.99. The molecular weight excluding hydrogens is 364 g/mol. The molecule has 1 aliphatic rings. The molecule has 0 spiro atoms. The van der Waals surface area contributed by atoms with Gasteiger partial charge in [0.1, 0.15) is 18.1 Å². The molecule has 0 amide bonds. The highest BCUT2D eigenvalue weighted by Gasteiger charge is 2.17. The molecule has 3 aromatic rings. The third-order valence-corrected chi connectivity index (χ3v) is 5.37. The number of hydrogen-bond donors (Lipinski definition) is 0. The van der Waals surface area contributed by atoms with Gasteiger partial charge in [-0.15, -0.1) is 0 Å². The molecule has 0 unspecified atom stereocenters. The number of benzene rings is 1. The molecule has 0 N–H and O–H groups in total. The van der Waals surface area contributed by atoms with Crippen LogP contribution in [0, 0.1) is 13.8 Å². The molecule has 6 nitrogen and oxygen atoms in total. The molecule has 1 aromatic carbocycles. The van der Waals surface area contributed by atoms with Crippen molar-refractivity contribution >= 4 is 23.3 Å². The van der Waals surface area contributed by atoms with Crippen LogP contribution in [-0.2, 0) is 13.1 Å². The molecule has 0 saturated heterocycles. The second kappa shape index (κ2) is 7.12. The molecule has 0 saturated carbocycles. The molecule has 27 heavy (non-hydrogen) atoms. The van der Waals surface area contributed by atoms with Crippen molar-refractivity contribution in [1.82, 2.24) is 19.3 Å². The minimum Gasteiger partial charge on any atom is -0.497 e. The van der Waals surface area contributed by atoms with Crippen molar-refractivity contribution in [3.8, 4) is 11.5 Å². The van der Waals surface area contributed by atoms with Crippen LogP contribution in [0.3, 0.4) is 0 Å². The lowest BCUT2D eigenvalue weighted by Gasteiger charge is -2.19. The van der Waals surface area contributed by atoms with E-state index in [1.807, 2.05) is 49.3 Å². The van der Waals surface area contributed by atoms with E-state index in [4.69, 9.17) is 21.1 Å².